The van der Waals surface area contributed by atoms with Gasteiger partial charge in [0.1, 0.15) is 6.10 Å². The number of nitrogens with two attached hydrogens (primary N) is 1. The van der Waals surface area contributed by atoms with Gasteiger partial charge in [0, 0.05) is 25.7 Å². The van der Waals surface area contributed by atoms with Crippen molar-refractivity contribution in [1.82, 2.24) is 14.9 Å². The minimum atomic E-state index is -4.20. The molecule has 2 fully saturated rings. The second kappa shape index (κ2) is 15.2. The average molecular weight is 677 g/mol. The van der Waals surface area contributed by atoms with Gasteiger partial charge in [0.05, 0.1) is 42.7 Å². The SMILES string of the molecule is CC(C)(CCNC(=O)CN)CN(C[C@@H](O)[C@H](Cc1ccccc1)NC(=O)O[C@H]1CO[C@H]2OCC[C@H]21)S(=O)(=O)c1ccc2c(c1)OCO2. The highest BCUT2D eigenvalue weighted by Crippen LogP contribution is 2.36. The Morgan fingerprint density at radius 3 is 2.66 bits per heavy atom. The molecule has 258 valence electrons. The van der Waals surface area contributed by atoms with Gasteiger partial charge in [-0.25, -0.2) is 13.2 Å². The lowest BCUT2D eigenvalue weighted by atomic mass is 9.89. The van der Waals surface area contributed by atoms with Crippen LogP contribution in [0.15, 0.2) is 53.4 Å². The summed E-state index contributed by atoms with van der Waals surface area (Å²) in [6, 6.07) is 12.7. The number of benzene rings is 2. The van der Waals surface area contributed by atoms with Crippen molar-refractivity contribution in [2.75, 3.05) is 46.2 Å². The number of carbonyl (C=O) groups excluding carboxylic acids is 2. The Morgan fingerprint density at radius 1 is 1.13 bits per heavy atom. The molecule has 0 aliphatic carbocycles. The number of ether oxygens (including phenoxy) is 5. The third kappa shape index (κ3) is 8.91. The number of aliphatic hydroxyl groups excluding tert-OH is 1. The highest BCUT2D eigenvalue weighted by molar-refractivity contribution is 7.89. The molecule has 0 bridgehead atoms. The zero-order valence-electron chi connectivity index (χ0n) is 26.6. The lowest BCUT2D eigenvalue weighted by Gasteiger charge is -2.35. The summed E-state index contributed by atoms with van der Waals surface area (Å²) in [5.74, 6) is 0.341. The Balaban J connectivity index is 1.37. The van der Waals surface area contributed by atoms with Crippen molar-refractivity contribution in [2.24, 2.45) is 17.1 Å². The molecule has 3 heterocycles. The molecule has 2 amide bonds. The molecule has 0 aromatic heterocycles. The van der Waals surface area contributed by atoms with Crippen LogP contribution in [0, 0.1) is 11.3 Å². The van der Waals surface area contributed by atoms with Gasteiger partial charge in [0.2, 0.25) is 22.7 Å². The maximum absolute atomic E-state index is 14.2. The summed E-state index contributed by atoms with van der Waals surface area (Å²) < 4.78 is 57.2. The second-order valence-corrected chi connectivity index (χ2v) is 14.7. The van der Waals surface area contributed by atoms with Gasteiger partial charge in [-0.05, 0) is 42.4 Å². The van der Waals surface area contributed by atoms with E-state index in [9.17, 15) is 23.1 Å². The smallest absolute Gasteiger partial charge is 0.407 e. The summed E-state index contributed by atoms with van der Waals surface area (Å²) in [6.07, 6.45) is -1.65. The fourth-order valence-electron chi connectivity index (χ4n) is 5.96. The second-order valence-electron chi connectivity index (χ2n) is 12.8. The molecule has 2 aromatic carbocycles. The summed E-state index contributed by atoms with van der Waals surface area (Å²) in [6.45, 7) is 4.22. The van der Waals surface area contributed by atoms with Gasteiger partial charge in [0.25, 0.3) is 0 Å². The van der Waals surface area contributed by atoms with Crippen LogP contribution in [0.5, 0.6) is 11.5 Å². The third-order valence-electron chi connectivity index (χ3n) is 8.60. The minimum Gasteiger partial charge on any atom is -0.454 e. The molecule has 0 unspecified atom stereocenters. The maximum Gasteiger partial charge on any atom is 0.407 e. The molecule has 3 aliphatic rings. The highest BCUT2D eigenvalue weighted by atomic mass is 32.2. The van der Waals surface area contributed by atoms with Gasteiger partial charge >= 0.3 is 6.09 Å². The standard InChI is InChI=1S/C32H44N4O10S/c1-32(2,11-12-34-29(38)16-33)19-36(47(40,41)22-8-9-26-27(15-22)45-20-44-26)17-25(37)24(14-21-6-4-3-5-7-21)35-31(39)46-28-18-43-30-23(28)10-13-42-30/h3-9,15,23-25,28,30,37H,10-14,16-20,33H2,1-2H3,(H,34,38)(H,35,39)/t23-,24-,25+,28-,30+/m0/s1. The predicted molar refractivity (Wildman–Crippen MR) is 169 cm³/mol. The van der Waals surface area contributed by atoms with Gasteiger partial charge in [-0.2, -0.15) is 4.31 Å². The van der Waals surface area contributed by atoms with Crippen molar-refractivity contribution in [2.45, 2.75) is 62.5 Å². The molecule has 0 saturated carbocycles. The number of fused-ring (bicyclic) bond motifs is 2. The van der Waals surface area contributed by atoms with Crippen LogP contribution in [0.2, 0.25) is 0 Å². The number of rotatable bonds is 15. The van der Waals surface area contributed by atoms with Crippen molar-refractivity contribution in [3.63, 3.8) is 0 Å². The van der Waals surface area contributed by atoms with Crippen LogP contribution in [0.25, 0.3) is 0 Å². The number of hydrogen-bond acceptors (Lipinski definition) is 11. The Labute approximate surface area is 274 Å². The Kier molecular flexibility index (Phi) is 11.3. The van der Waals surface area contributed by atoms with E-state index in [2.05, 4.69) is 10.6 Å². The van der Waals surface area contributed by atoms with Crippen molar-refractivity contribution in [3.8, 4) is 11.5 Å². The van der Waals surface area contributed by atoms with Gasteiger partial charge in [-0.1, -0.05) is 44.2 Å². The number of carbonyl (C=O) groups is 2. The van der Waals surface area contributed by atoms with Crippen molar-refractivity contribution < 1.29 is 46.8 Å². The number of hydrogen-bond donors (Lipinski definition) is 4. The Bertz CT molecular complexity index is 1490. The van der Waals surface area contributed by atoms with E-state index in [4.69, 9.17) is 29.4 Å². The van der Waals surface area contributed by atoms with E-state index >= 15 is 0 Å². The van der Waals surface area contributed by atoms with E-state index in [0.717, 1.165) is 5.56 Å². The molecule has 5 rings (SSSR count). The van der Waals surface area contributed by atoms with Crippen LogP contribution >= 0.6 is 0 Å². The van der Waals surface area contributed by atoms with Gasteiger partial charge < -0.3 is 45.2 Å². The third-order valence-corrected chi connectivity index (χ3v) is 10.4. The molecule has 0 spiro atoms. The number of aliphatic hydroxyl groups is 1. The lowest BCUT2D eigenvalue weighted by Crippen LogP contribution is -2.52. The number of sulfonamides is 1. The van der Waals surface area contributed by atoms with E-state index in [0.29, 0.717) is 30.9 Å². The van der Waals surface area contributed by atoms with Crippen LogP contribution in [-0.2, 0) is 35.4 Å². The number of alkyl carbamates (subject to hydrolysis) is 1. The van der Waals surface area contributed by atoms with Crippen LogP contribution in [0.4, 0.5) is 4.79 Å². The normalized spacial score (nSPS) is 21.7. The monoisotopic (exact) mass is 676 g/mol. The lowest BCUT2D eigenvalue weighted by molar-refractivity contribution is -0.119. The molecule has 3 aliphatic heterocycles. The van der Waals surface area contributed by atoms with Gasteiger partial charge in [-0.3, -0.25) is 4.79 Å². The molecule has 0 radical (unpaired) electrons. The number of nitrogens with zero attached hydrogens (tertiary/aromatic N) is 1. The molecule has 14 nitrogen and oxygen atoms in total. The van der Waals surface area contributed by atoms with E-state index in [1.54, 1.807) is 0 Å². The molecular formula is C32H44N4O10S. The summed E-state index contributed by atoms with van der Waals surface area (Å²) >= 11 is 0. The highest BCUT2D eigenvalue weighted by Gasteiger charge is 2.44. The summed E-state index contributed by atoms with van der Waals surface area (Å²) in [5, 5.41) is 17.2. The van der Waals surface area contributed by atoms with Crippen LogP contribution < -0.4 is 25.8 Å². The van der Waals surface area contributed by atoms with Crippen molar-refractivity contribution in [1.29, 1.82) is 0 Å². The van der Waals surface area contributed by atoms with E-state index in [1.807, 2.05) is 44.2 Å². The number of nitrogens with one attached hydrogen (secondary N) is 2. The van der Waals surface area contributed by atoms with Crippen LogP contribution in [0.3, 0.4) is 0 Å². The van der Waals surface area contributed by atoms with Gasteiger partial charge in [0.15, 0.2) is 17.8 Å². The topological polar surface area (TPSA) is 188 Å². The summed E-state index contributed by atoms with van der Waals surface area (Å²) in [5.41, 5.74) is 5.59. The van der Waals surface area contributed by atoms with E-state index in [-0.39, 0.29) is 62.7 Å². The first-order valence-electron chi connectivity index (χ1n) is 15.7. The van der Waals surface area contributed by atoms with Crippen molar-refractivity contribution >= 4 is 22.0 Å². The van der Waals surface area contributed by atoms with Crippen LogP contribution in [0.1, 0.15) is 32.3 Å². The molecule has 2 aromatic rings. The molecule has 15 heteroatoms. The largest absolute Gasteiger partial charge is 0.454 e. The molecule has 5 atom stereocenters. The minimum absolute atomic E-state index is 0.00961. The first-order chi connectivity index (χ1) is 22.4. The Hall–Kier alpha value is -3.47. The first kappa shape index (κ1) is 34.9. The molecule has 47 heavy (non-hydrogen) atoms. The average Bonchev–Trinajstić information content (AvgIpc) is 3.79. The maximum atomic E-state index is 14.2. The fourth-order valence-corrected chi connectivity index (χ4v) is 7.62. The van der Waals surface area contributed by atoms with E-state index in [1.165, 1.54) is 22.5 Å². The summed E-state index contributed by atoms with van der Waals surface area (Å²) in [7, 11) is -4.20. The van der Waals surface area contributed by atoms with Gasteiger partial charge in [-0.15, -0.1) is 0 Å². The van der Waals surface area contributed by atoms with E-state index < -0.39 is 46.1 Å². The Morgan fingerprint density at radius 2 is 1.89 bits per heavy atom. The molecule has 2 saturated heterocycles. The fraction of sp³-hybridized carbons (Fsp3) is 0.562. The van der Waals surface area contributed by atoms with Crippen molar-refractivity contribution in [3.05, 3.63) is 54.1 Å². The molecule has 5 N–H and O–H groups in total. The van der Waals surface area contributed by atoms with Crippen LogP contribution in [-0.4, -0.2) is 101 Å². The molecular weight excluding hydrogens is 632 g/mol. The predicted octanol–water partition coefficient (Wildman–Crippen LogP) is 1.36. The zero-order valence-corrected chi connectivity index (χ0v) is 27.4. The first-order valence-corrected chi connectivity index (χ1v) is 17.2. The number of amides is 2. The summed E-state index contributed by atoms with van der Waals surface area (Å²) in [4.78, 5) is 24.9. The zero-order chi connectivity index (χ0) is 33.6. The quantitative estimate of drug-likeness (QED) is 0.213.